The molecule has 0 radical (unpaired) electrons. The molecule has 1 aromatic heterocycles. The maximum absolute atomic E-state index is 12.7. The van der Waals surface area contributed by atoms with Crippen molar-refractivity contribution >= 4 is 17.5 Å². The van der Waals surface area contributed by atoms with Gasteiger partial charge in [-0.1, -0.05) is 29.8 Å². The molecule has 0 saturated carbocycles. The summed E-state index contributed by atoms with van der Waals surface area (Å²) in [5, 5.41) is 0.246. The van der Waals surface area contributed by atoms with E-state index in [1.807, 2.05) is 29.2 Å². The van der Waals surface area contributed by atoms with Gasteiger partial charge in [0.05, 0.1) is 25.4 Å². The summed E-state index contributed by atoms with van der Waals surface area (Å²) in [7, 11) is 1.66. The number of aromatic nitrogens is 1. The van der Waals surface area contributed by atoms with Crippen LogP contribution in [0.2, 0.25) is 5.15 Å². The highest BCUT2D eigenvalue weighted by Crippen LogP contribution is 2.24. The van der Waals surface area contributed by atoms with Crippen molar-refractivity contribution in [3.8, 4) is 5.75 Å². The fourth-order valence-electron chi connectivity index (χ4n) is 3.36. The molecule has 0 spiro atoms. The number of pyridine rings is 1. The van der Waals surface area contributed by atoms with Crippen LogP contribution < -0.4 is 4.74 Å². The minimum Gasteiger partial charge on any atom is -0.497 e. The van der Waals surface area contributed by atoms with Crippen LogP contribution in [0.4, 0.5) is 0 Å². The number of amides is 1. The Bertz CT molecular complexity index is 838. The predicted octanol–water partition coefficient (Wildman–Crippen LogP) is 3.45. The molecule has 2 heterocycles. The van der Waals surface area contributed by atoms with Gasteiger partial charge < -0.3 is 14.4 Å². The van der Waals surface area contributed by atoms with Gasteiger partial charge in [-0.05, 0) is 29.8 Å². The molecule has 1 aliphatic rings. The number of carbonyl (C=O) groups excluding carboxylic acids is 1. The zero-order chi connectivity index (χ0) is 20.6. The fourth-order valence-corrected chi connectivity index (χ4v) is 3.56. The molecule has 1 amide bonds. The second kappa shape index (κ2) is 10.4. The number of rotatable bonds is 8. The molecule has 7 heteroatoms. The lowest BCUT2D eigenvalue weighted by Gasteiger charge is -2.36. The Balaban J connectivity index is 1.61. The number of halogens is 1. The Morgan fingerprint density at radius 3 is 2.76 bits per heavy atom. The first-order valence-corrected chi connectivity index (χ1v) is 9.98. The first kappa shape index (κ1) is 21.3. The molecule has 6 nitrogen and oxygen atoms in total. The molecule has 1 aromatic carbocycles. The van der Waals surface area contributed by atoms with Crippen LogP contribution >= 0.6 is 11.6 Å². The highest BCUT2D eigenvalue weighted by molar-refractivity contribution is 6.32. The number of ether oxygens (including phenoxy) is 2. The van der Waals surface area contributed by atoms with E-state index in [1.54, 1.807) is 31.5 Å². The molecule has 0 bridgehead atoms. The lowest BCUT2D eigenvalue weighted by Crippen LogP contribution is -2.49. The van der Waals surface area contributed by atoms with Crippen molar-refractivity contribution in [2.45, 2.75) is 6.10 Å². The summed E-state index contributed by atoms with van der Waals surface area (Å²) in [6.45, 7) is 7.75. The van der Waals surface area contributed by atoms with Crippen LogP contribution in [0.5, 0.6) is 5.75 Å². The maximum atomic E-state index is 12.7. The van der Waals surface area contributed by atoms with Crippen LogP contribution in [0.15, 0.2) is 55.3 Å². The molecule has 29 heavy (non-hydrogen) atoms. The van der Waals surface area contributed by atoms with Gasteiger partial charge in [-0.2, -0.15) is 0 Å². The summed E-state index contributed by atoms with van der Waals surface area (Å²) in [6.07, 6.45) is 3.23. The van der Waals surface area contributed by atoms with E-state index < -0.39 is 0 Å². The Kier molecular flexibility index (Phi) is 7.63. The second-order valence-corrected chi connectivity index (χ2v) is 7.18. The quantitative estimate of drug-likeness (QED) is 0.488. The molecule has 1 fully saturated rings. The summed E-state index contributed by atoms with van der Waals surface area (Å²) < 4.78 is 11.4. The number of benzene rings is 1. The summed E-state index contributed by atoms with van der Waals surface area (Å²) in [4.78, 5) is 20.8. The van der Waals surface area contributed by atoms with Gasteiger partial charge >= 0.3 is 0 Å². The molecule has 1 aliphatic heterocycles. The molecule has 0 unspecified atom stereocenters. The number of nitrogens with zero attached hydrogens (tertiary/aromatic N) is 3. The van der Waals surface area contributed by atoms with Gasteiger partial charge in [0.1, 0.15) is 10.9 Å². The minimum atomic E-state index is -0.0990. The summed E-state index contributed by atoms with van der Waals surface area (Å²) >= 11 is 6.07. The smallest absolute Gasteiger partial charge is 0.257 e. The van der Waals surface area contributed by atoms with Crippen LogP contribution in [-0.2, 0) is 4.74 Å². The molecular formula is C22H26ClN3O3. The molecule has 2 aromatic rings. The van der Waals surface area contributed by atoms with E-state index in [-0.39, 0.29) is 17.2 Å². The summed E-state index contributed by atoms with van der Waals surface area (Å²) in [5.41, 5.74) is 1.51. The average molecular weight is 416 g/mol. The van der Waals surface area contributed by atoms with Crippen molar-refractivity contribution in [3.05, 3.63) is 71.5 Å². The number of carbonyl (C=O) groups is 1. The Labute approximate surface area is 176 Å². The van der Waals surface area contributed by atoms with Crippen molar-refractivity contribution in [2.75, 3.05) is 46.4 Å². The third-order valence-corrected chi connectivity index (χ3v) is 5.26. The first-order chi connectivity index (χ1) is 14.1. The van der Waals surface area contributed by atoms with Crippen LogP contribution in [0, 0.1) is 0 Å². The molecular weight excluding hydrogens is 390 g/mol. The molecule has 3 rings (SSSR count). The third-order valence-electron chi connectivity index (χ3n) is 4.95. The largest absolute Gasteiger partial charge is 0.497 e. The van der Waals surface area contributed by atoms with E-state index in [1.165, 1.54) is 0 Å². The molecule has 0 N–H and O–H groups in total. The fraction of sp³-hybridized carbons (Fsp3) is 0.364. The van der Waals surface area contributed by atoms with Crippen LogP contribution in [0.3, 0.4) is 0 Å². The maximum Gasteiger partial charge on any atom is 0.257 e. The topological polar surface area (TPSA) is 54.9 Å². The predicted molar refractivity (Wildman–Crippen MR) is 113 cm³/mol. The monoisotopic (exact) mass is 415 g/mol. The van der Waals surface area contributed by atoms with Crippen LogP contribution in [0.1, 0.15) is 22.0 Å². The average Bonchev–Trinajstić information content (AvgIpc) is 2.77. The van der Waals surface area contributed by atoms with Gasteiger partial charge in [-0.15, -0.1) is 6.58 Å². The Morgan fingerprint density at radius 2 is 2.07 bits per heavy atom. The van der Waals surface area contributed by atoms with Gasteiger partial charge in [0.25, 0.3) is 5.91 Å². The number of hydrogen-bond donors (Lipinski definition) is 0. The van der Waals surface area contributed by atoms with Gasteiger partial charge in [0.15, 0.2) is 0 Å². The third kappa shape index (κ3) is 5.56. The standard InChI is InChI=1S/C22H26ClN3O3/c1-3-14-29-20(17-6-4-7-18(15-17)28-2)16-25-10-12-26(13-11-25)22(27)19-8-5-9-24-21(19)23/h3-9,15,20H,1,10-14,16H2,2H3/t20-/m1/s1. The van der Waals surface area contributed by atoms with Crippen LogP contribution in [0.25, 0.3) is 0 Å². The van der Waals surface area contributed by atoms with E-state index in [9.17, 15) is 4.79 Å². The molecule has 0 aliphatic carbocycles. The normalized spacial score (nSPS) is 15.7. The van der Waals surface area contributed by atoms with E-state index >= 15 is 0 Å². The SMILES string of the molecule is C=CCO[C@H](CN1CCN(C(=O)c2cccnc2Cl)CC1)c1cccc(OC)c1. The van der Waals surface area contributed by atoms with Crippen molar-refractivity contribution in [1.82, 2.24) is 14.8 Å². The van der Waals surface area contributed by atoms with E-state index in [0.717, 1.165) is 30.9 Å². The van der Waals surface area contributed by atoms with Crippen LogP contribution in [-0.4, -0.2) is 67.1 Å². The van der Waals surface area contributed by atoms with Crippen molar-refractivity contribution < 1.29 is 14.3 Å². The number of methoxy groups -OCH3 is 1. The number of piperazine rings is 1. The minimum absolute atomic E-state index is 0.0741. The van der Waals surface area contributed by atoms with Gasteiger partial charge in [-0.25, -0.2) is 4.98 Å². The second-order valence-electron chi connectivity index (χ2n) is 6.82. The van der Waals surface area contributed by atoms with Crippen molar-refractivity contribution in [1.29, 1.82) is 0 Å². The van der Waals surface area contributed by atoms with Crippen molar-refractivity contribution in [2.24, 2.45) is 0 Å². The zero-order valence-electron chi connectivity index (χ0n) is 16.6. The highest BCUT2D eigenvalue weighted by Gasteiger charge is 2.26. The Hall–Kier alpha value is -2.41. The molecule has 1 saturated heterocycles. The molecule has 1 atom stereocenters. The highest BCUT2D eigenvalue weighted by atomic mass is 35.5. The van der Waals surface area contributed by atoms with Crippen molar-refractivity contribution in [3.63, 3.8) is 0 Å². The summed E-state index contributed by atoms with van der Waals surface area (Å²) in [6, 6.07) is 11.4. The molecule has 154 valence electrons. The van der Waals surface area contributed by atoms with E-state index in [0.29, 0.717) is 25.3 Å². The van der Waals surface area contributed by atoms with Gasteiger partial charge in [0, 0.05) is 38.9 Å². The van der Waals surface area contributed by atoms with Gasteiger partial charge in [0.2, 0.25) is 0 Å². The number of hydrogen-bond acceptors (Lipinski definition) is 5. The lowest BCUT2D eigenvalue weighted by molar-refractivity contribution is 0.0244. The lowest BCUT2D eigenvalue weighted by atomic mass is 10.1. The van der Waals surface area contributed by atoms with E-state index in [4.69, 9.17) is 21.1 Å². The van der Waals surface area contributed by atoms with E-state index in [2.05, 4.69) is 16.5 Å². The Morgan fingerprint density at radius 1 is 1.28 bits per heavy atom. The summed E-state index contributed by atoms with van der Waals surface area (Å²) in [5.74, 6) is 0.730. The first-order valence-electron chi connectivity index (χ1n) is 9.61. The zero-order valence-corrected chi connectivity index (χ0v) is 17.3. The van der Waals surface area contributed by atoms with Gasteiger partial charge in [-0.3, -0.25) is 9.69 Å².